The van der Waals surface area contributed by atoms with Crippen LogP contribution in [0.2, 0.25) is 0 Å². The Hall–Kier alpha value is -1.18. The summed E-state index contributed by atoms with van der Waals surface area (Å²) in [6.45, 7) is 12.0. The fourth-order valence-electron chi connectivity index (χ4n) is 1.26. The first-order chi connectivity index (χ1) is 5.57. The molecule has 0 bridgehead atoms. The molecule has 1 aliphatic carbocycles. The van der Waals surface area contributed by atoms with Gasteiger partial charge in [0.1, 0.15) is 0 Å². The molecule has 0 saturated heterocycles. The molecular weight excluding hydrogens is 148 g/mol. The summed E-state index contributed by atoms with van der Waals surface area (Å²) in [4.78, 5) is 0. The Morgan fingerprint density at radius 2 is 1.58 bits per heavy atom. The van der Waals surface area contributed by atoms with Crippen LogP contribution in [0.3, 0.4) is 0 Å². The zero-order chi connectivity index (χ0) is 9.30. The molecule has 0 saturated carbocycles. The number of allylic oxidation sites excluding steroid dienone is 2. The van der Waals surface area contributed by atoms with E-state index >= 15 is 0 Å². The highest BCUT2D eigenvalue weighted by Gasteiger charge is 2.25. The van der Waals surface area contributed by atoms with E-state index in [0.29, 0.717) is 6.04 Å². The molecule has 2 heteroatoms. The molecule has 0 aliphatic heterocycles. The van der Waals surface area contributed by atoms with Crippen molar-refractivity contribution in [1.82, 2.24) is 10.6 Å². The SMILES string of the molecule is C=C1C(=C)C(NC(C)C)=C1NC. The lowest BCUT2D eigenvalue weighted by atomic mass is 9.89. The van der Waals surface area contributed by atoms with E-state index < -0.39 is 0 Å². The second-order valence-corrected chi connectivity index (χ2v) is 3.26. The van der Waals surface area contributed by atoms with Crippen molar-refractivity contribution >= 4 is 0 Å². The molecular formula is C10H16N2. The average Bonchev–Trinajstić information content (AvgIpc) is 2.03. The second-order valence-electron chi connectivity index (χ2n) is 3.26. The maximum absolute atomic E-state index is 3.91. The van der Waals surface area contributed by atoms with Crippen molar-refractivity contribution < 1.29 is 0 Å². The number of hydrogen-bond donors (Lipinski definition) is 2. The maximum Gasteiger partial charge on any atom is 0.0658 e. The first-order valence-electron chi connectivity index (χ1n) is 4.15. The van der Waals surface area contributed by atoms with Crippen LogP contribution < -0.4 is 10.6 Å². The van der Waals surface area contributed by atoms with Crippen LogP contribution >= 0.6 is 0 Å². The van der Waals surface area contributed by atoms with Crippen molar-refractivity contribution in [2.45, 2.75) is 19.9 Å². The predicted molar refractivity (Wildman–Crippen MR) is 52.6 cm³/mol. The summed E-state index contributed by atoms with van der Waals surface area (Å²) in [6, 6.07) is 0.438. The van der Waals surface area contributed by atoms with Crippen LogP contribution in [0.25, 0.3) is 0 Å². The van der Waals surface area contributed by atoms with Crippen LogP contribution in [0.1, 0.15) is 13.8 Å². The average molecular weight is 164 g/mol. The van der Waals surface area contributed by atoms with Crippen LogP contribution in [0, 0.1) is 0 Å². The van der Waals surface area contributed by atoms with Gasteiger partial charge in [0.25, 0.3) is 0 Å². The first-order valence-corrected chi connectivity index (χ1v) is 4.15. The smallest absolute Gasteiger partial charge is 0.0658 e. The molecule has 0 aromatic carbocycles. The quantitative estimate of drug-likeness (QED) is 0.661. The van der Waals surface area contributed by atoms with Crippen LogP contribution in [-0.4, -0.2) is 13.1 Å². The Morgan fingerprint density at radius 1 is 1.08 bits per heavy atom. The lowest BCUT2D eigenvalue weighted by Gasteiger charge is -2.31. The van der Waals surface area contributed by atoms with E-state index in [0.717, 1.165) is 22.5 Å². The lowest BCUT2D eigenvalue weighted by molar-refractivity contribution is 0.653. The van der Waals surface area contributed by atoms with Gasteiger partial charge in [0.2, 0.25) is 0 Å². The highest BCUT2D eigenvalue weighted by Crippen LogP contribution is 2.33. The van der Waals surface area contributed by atoms with E-state index in [1.165, 1.54) is 0 Å². The van der Waals surface area contributed by atoms with Gasteiger partial charge in [-0.2, -0.15) is 0 Å². The summed E-state index contributed by atoms with van der Waals surface area (Å²) in [7, 11) is 1.90. The van der Waals surface area contributed by atoms with Gasteiger partial charge in [0.05, 0.1) is 11.4 Å². The standard InChI is InChI=1S/C10H16N2/c1-6(2)12-10-8(4)7(3)9(10)11-5/h6,11-12H,3-4H2,1-2,5H3. The van der Waals surface area contributed by atoms with E-state index in [2.05, 4.69) is 37.6 Å². The summed E-state index contributed by atoms with van der Waals surface area (Å²) in [5.74, 6) is 0. The molecule has 2 N–H and O–H groups in total. The summed E-state index contributed by atoms with van der Waals surface area (Å²) in [5.41, 5.74) is 4.24. The fraction of sp³-hybridized carbons (Fsp3) is 0.400. The van der Waals surface area contributed by atoms with Gasteiger partial charge in [-0.25, -0.2) is 0 Å². The Bertz CT molecular complexity index is 259. The van der Waals surface area contributed by atoms with Crippen molar-refractivity contribution in [1.29, 1.82) is 0 Å². The zero-order valence-electron chi connectivity index (χ0n) is 7.99. The van der Waals surface area contributed by atoms with Gasteiger partial charge in [-0.15, -0.1) is 0 Å². The Kier molecular flexibility index (Phi) is 2.27. The summed E-state index contributed by atoms with van der Waals surface area (Å²) >= 11 is 0. The topological polar surface area (TPSA) is 24.1 Å². The molecule has 0 spiro atoms. The molecule has 0 radical (unpaired) electrons. The van der Waals surface area contributed by atoms with Crippen molar-refractivity contribution in [2.24, 2.45) is 0 Å². The third kappa shape index (κ3) is 1.24. The Morgan fingerprint density at radius 3 is 2.00 bits per heavy atom. The highest BCUT2D eigenvalue weighted by atomic mass is 15.0. The molecule has 0 unspecified atom stereocenters. The van der Waals surface area contributed by atoms with Gasteiger partial charge in [-0.05, 0) is 13.8 Å². The minimum atomic E-state index is 0.438. The predicted octanol–water partition coefficient (Wildman–Crippen LogP) is 1.54. The molecule has 0 amide bonds. The largest absolute Gasteiger partial charge is 0.386 e. The number of rotatable bonds is 3. The highest BCUT2D eigenvalue weighted by molar-refractivity contribution is 5.65. The lowest BCUT2D eigenvalue weighted by Crippen LogP contribution is -2.34. The van der Waals surface area contributed by atoms with E-state index in [-0.39, 0.29) is 0 Å². The van der Waals surface area contributed by atoms with Crippen LogP contribution in [0.5, 0.6) is 0 Å². The second kappa shape index (κ2) is 3.05. The van der Waals surface area contributed by atoms with E-state index in [1.807, 2.05) is 7.05 Å². The third-order valence-electron chi connectivity index (χ3n) is 1.90. The van der Waals surface area contributed by atoms with Crippen molar-refractivity contribution in [2.75, 3.05) is 7.05 Å². The van der Waals surface area contributed by atoms with Gasteiger partial charge in [0, 0.05) is 24.2 Å². The van der Waals surface area contributed by atoms with Gasteiger partial charge >= 0.3 is 0 Å². The molecule has 0 fully saturated rings. The molecule has 0 atom stereocenters. The summed E-state index contributed by atoms with van der Waals surface area (Å²) in [5, 5.41) is 6.41. The number of nitrogens with one attached hydrogen (secondary N) is 2. The van der Waals surface area contributed by atoms with Crippen LogP contribution in [0.4, 0.5) is 0 Å². The maximum atomic E-state index is 3.91. The third-order valence-corrected chi connectivity index (χ3v) is 1.90. The van der Waals surface area contributed by atoms with E-state index in [1.54, 1.807) is 0 Å². The van der Waals surface area contributed by atoms with Gasteiger partial charge in [-0.3, -0.25) is 0 Å². The molecule has 12 heavy (non-hydrogen) atoms. The van der Waals surface area contributed by atoms with Gasteiger partial charge in [0.15, 0.2) is 0 Å². The molecule has 66 valence electrons. The van der Waals surface area contributed by atoms with Crippen LogP contribution in [0.15, 0.2) is 35.7 Å². The molecule has 0 aromatic heterocycles. The Balaban J connectivity index is 2.80. The van der Waals surface area contributed by atoms with E-state index in [4.69, 9.17) is 0 Å². The summed E-state index contributed by atoms with van der Waals surface area (Å²) in [6.07, 6.45) is 0. The molecule has 2 nitrogen and oxygen atoms in total. The molecule has 1 rings (SSSR count). The number of hydrogen-bond acceptors (Lipinski definition) is 2. The normalized spacial score (nSPS) is 16.7. The Labute approximate surface area is 74.0 Å². The minimum absolute atomic E-state index is 0.438. The van der Waals surface area contributed by atoms with Crippen molar-refractivity contribution in [3.8, 4) is 0 Å². The summed E-state index contributed by atoms with van der Waals surface area (Å²) < 4.78 is 0. The first kappa shape index (κ1) is 8.91. The number of likely N-dealkylation sites (N-methyl/N-ethyl adjacent to an activating group) is 1. The minimum Gasteiger partial charge on any atom is -0.386 e. The molecule has 0 heterocycles. The van der Waals surface area contributed by atoms with Crippen LogP contribution in [-0.2, 0) is 0 Å². The van der Waals surface area contributed by atoms with Gasteiger partial charge < -0.3 is 10.6 Å². The van der Waals surface area contributed by atoms with Crippen molar-refractivity contribution in [3.63, 3.8) is 0 Å². The zero-order valence-corrected chi connectivity index (χ0v) is 7.99. The fourth-order valence-corrected chi connectivity index (χ4v) is 1.26. The van der Waals surface area contributed by atoms with E-state index in [9.17, 15) is 0 Å². The molecule has 1 aliphatic rings. The van der Waals surface area contributed by atoms with Crippen molar-refractivity contribution in [3.05, 3.63) is 35.7 Å². The molecule has 0 aromatic rings. The monoisotopic (exact) mass is 164 g/mol. The van der Waals surface area contributed by atoms with Gasteiger partial charge in [-0.1, -0.05) is 13.2 Å².